The quantitative estimate of drug-likeness (QED) is 0.813. The van der Waals surface area contributed by atoms with Crippen LogP contribution in [0.25, 0.3) is 0 Å². The Balaban J connectivity index is 2.66. The minimum Gasteiger partial charge on any atom is -0.444 e. The highest BCUT2D eigenvalue weighted by atomic mass is 19.2. The first-order valence-electron chi connectivity index (χ1n) is 5.57. The molecule has 1 aromatic carbocycles. The molecule has 0 aliphatic carbocycles. The van der Waals surface area contributed by atoms with Crippen molar-refractivity contribution in [2.75, 3.05) is 7.05 Å². The third-order valence-corrected chi connectivity index (χ3v) is 2.11. The molecule has 18 heavy (non-hydrogen) atoms. The summed E-state index contributed by atoms with van der Waals surface area (Å²) in [7, 11) is 1.54. The van der Waals surface area contributed by atoms with Crippen LogP contribution in [0.4, 0.5) is 13.6 Å². The topological polar surface area (TPSA) is 29.5 Å². The Bertz CT molecular complexity index is 441. The van der Waals surface area contributed by atoms with E-state index in [-0.39, 0.29) is 6.54 Å². The number of hydrogen-bond donors (Lipinski definition) is 0. The van der Waals surface area contributed by atoms with E-state index in [1.54, 1.807) is 20.8 Å². The normalized spacial score (nSPS) is 11.2. The molecule has 0 saturated heterocycles. The fraction of sp³-hybridized carbons (Fsp3) is 0.462. The number of rotatable bonds is 2. The van der Waals surface area contributed by atoms with Gasteiger partial charge in [-0.2, -0.15) is 0 Å². The van der Waals surface area contributed by atoms with Crippen LogP contribution < -0.4 is 0 Å². The maximum absolute atomic E-state index is 13.0. The molecule has 1 aromatic rings. The SMILES string of the molecule is CN(Cc1ccc(F)c(F)c1)C(=O)OC(C)(C)C. The average Bonchev–Trinajstić information content (AvgIpc) is 2.21. The first-order valence-corrected chi connectivity index (χ1v) is 5.57. The molecule has 0 N–H and O–H groups in total. The van der Waals surface area contributed by atoms with Gasteiger partial charge in [0.15, 0.2) is 11.6 Å². The summed E-state index contributed by atoms with van der Waals surface area (Å²) in [5.41, 5.74) is -0.0818. The highest BCUT2D eigenvalue weighted by molar-refractivity contribution is 5.67. The van der Waals surface area contributed by atoms with Crippen LogP contribution in [0.15, 0.2) is 18.2 Å². The molecule has 5 heteroatoms. The molecule has 0 unspecified atom stereocenters. The van der Waals surface area contributed by atoms with E-state index in [1.807, 2.05) is 0 Å². The molecular formula is C13H17F2NO2. The number of nitrogens with zero attached hydrogens (tertiary/aromatic N) is 1. The van der Waals surface area contributed by atoms with Gasteiger partial charge in [-0.3, -0.25) is 0 Å². The Kier molecular flexibility index (Phi) is 4.27. The van der Waals surface area contributed by atoms with Gasteiger partial charge in [0, 0.05) is 13.6 Å². The summed E-state index contributed by atoms with van der Waals surface area (Å²) in [5, 5.41) is 0. The predicted octanol–water partition coefficient (Wildman–Crippen LogP) is 3.33. The van der Waals surface area contributed by atoms with Crippen molar-refractivity contribution in [2.24, 2.45) is 0 Å². The molecule has 1 rings (SSSR count). The molecule has 0 aliphatic rings. The fourth-order valence-electron chi connectivity index (χ4n) is 1.32. The van der Waals surface area contributed by atoms with E-state index in [1.165, 1.54) is 18.0 Å². The number of hydrogen-bond acceptors (Lipinski definition) is 2. The van der Waals surface area contributed by atoms with Crippen molar-refractivity contribution in [3.8, 4) is 0 Å². The zero-order chi connectivity index (χ0) is 13.9. The Morgan fingerprint density at radius 1 is 1.28 bits per heavy atom. The molecule has 0 fully saturated rings. The molecule has 0 radical (unpaired) electrons. The maximum Gasteiger partial charge on any atom is 0.410 e. The summed E-state index contributed by atoms with van der Waals surface area (Å²) in [5.74, 6) is -1.83. The smallest absolute Gasteiger partial charge is 0.410 e. The molecule has 0 spiro atoms. The molecule has 0 heterocycles. The molecule has 0 bridgehead atoms. The van der Waals surface area contributed by atoms with E-state index in [4.69, 9.17) is 4.74 Å². The van der Waals surface area contributed by atoms with E-state index in [0.29, 0.717) is 5.56 Å². The number of carbonyl (C=O) groups is 1. The monoisotopic (exact) mass is 257 g/mol. The van der Waals surface area contributed by atoms with Crippen molar-refractivity contribution in [1.82, 2.24) is 4.90 Å². The lowest BCUT2D eigenvalue weighted by atomic mass is 10.2. The van der Waals surface area contributed by atoms with Crippen molar-refractivity contribution in [2.45, 2.75) is 32.9 Å². The third kappa shape index (κ3) is 4.31. The summed E-state index contributed by atoms with van der Waals surface area (Å²) in [6.45, 7) is 5.44. The number of benzene rings is 1. The van der Waals surface area contributed by atoms with Crippen molar-refractivity contribution in [3.05, 3.63) is 35.4 Å². The Labute approximate surface area is 105 Å². The standard InChI is InChI=1S/C13H17F2NO2/c1-13(2,3)18-12(17)16(4)8-9-5-6-10(14)11(15)7-9/h5-7H,8H2,1-4H3. The molecule has 0 saturated carbocycles. The van der Waals surface area contributed by atoms with Crippen molar-refractivity contribution in [1.29, 1.82) is 0 Å². The zero-order valence-electron chi connectivity index (χ0n) is 11.0. The van der Waals surface area contributed by atoms with E-state index >= 15 is 0 Å². The van der Waals surface area contributed by atoms with Gasteiger partial charge in [0.05, 0.1) is 0 Å². The second-order valence-corrected chi connectivity index (χ2v) is 5.08. The second-order valence-electron chi connectivity index (χ2n) is 5.08. The highest BCUT2D eigenvalue weighted by Crippen LogP contribution is 2.13. The fourth-order valence-corrected chi connectivity index (χ4v) is 1.32. The van der Waals surface area contributed by atoms with Gasteiger partial charge in [0.1, 0.15) is 5.60 Å². The van der Waals surface area contributed by atoms with Gasteiger partial charge < -0.3 is 9.64 Å². The number of carbonyl (C=O) groups excluding carboxylic acids is 1. The predicted molar refractivity (Wildman–Crippen MR) is 64.1 cm³/mol. The average molecular weight is 257 g/mol. The summed E-state index contributed by atoms with van der Waals surface area (Å²) in [4.78, 5) is 13.0. The van der Waals surface area contributed by atoms with Gasteiger partial charge >= 0.3 is 6.09 Å². The van der Waals surface area contributed by atoms with Gasteiger partial charge in [0.2, 0.25) is 0 Å². The summed E-state index contributed by atoms with van der Waals surface area (Å²) in [6.07, 6.45) is -0.507. The minimum absolute atomic E-state index is 0.159. The third-order valence-electron chi connectivity index (χ3n) is 2.11. The molecule has 1 amide bonds. The summed E-state index contributed by atoms with van der Waals surface area (Å²) < 4.78 is 30.9. The van der Waals surface area contributed by atoms with Gasteiger partial charge in [0.25, 0.3) is 0 Å². The van der Waals surface area contributed by atoms with Gasteiger partial charge in [-0.15, -0.1) is 0 Å². The summed E-state index contributed by atoms with van der Waals surface area (Å²) >= 11 is 0. The largest absolute Gasteiger partial charge is 0.444 e. The first kappa shape index (κ1) is 14.4. The Hall–Kier alpha value is -1.65. The van der Waals surface area contributed by atoms with Crippen LogP contribution in [0.5, 0.6) is 0 Å². The number of ether oxygens (including phenoxy) is 1. The molecule has 100 valence electrons. The summed E-state index contributed by atoms with van der Waals surface area (Å²) in [6, 6.07) is 3.53. The van der Waals surface area contributed by atoms with Crippen molar-refractivity contribution >= 4 is 6.09 Å². The zero-order valence-corrected chi connectivity index (χ0v) is 11.0. The minimum atomic E-state index is -0.926. The number of halogens is 2. The van der Waals surface area contributed by atoms with E-state index in [0.717, 1.165) is 12.1 Å². The van der Waals surface area contributed by atoms with Crippen LogP contribution in [-0.4, -0.2) is 23.6 Å². The highest BCUT2D eigenvalue weighted by Gasteiger charge is 2.19. The lowest BCUT2D eigenvalue weighted by Gasteiger charge is -2.24. The number of amides is 1. The van der Waals surface area contributed by atoms with Crippen molar-refractivity contribution in [3.63, 3.8) is 0 Å². The van der Waals surface area contributed by atoms with E-state index in [2.05, 4.69) is 0 Å². The van der Waals surface area contributed by atoms with Crippen LogP contribution in [0.2, 0.25) is 0 Å². The second kappa shape index (κ2) is 5.33. The Morgan fingerprint density at radius 3 is 2.39 bits per heavy atom. The van der Waals surface area contributed by atoms with Gasteiger partial charge in [-0.25, -0.2) is 13.6 Å². The Morgan fingerprint density at radius 2 is 1.89 bits per heavy atom. The van der Waals surface area contributed by atoms with Crippen LogP contribution in [0, 0.1) is 11.6 Å². The molecule has 3 nitrogen and oxygen atoms in total. The molecule has 0 aliphatic heterocycles. The van der Waals surface area contributed by atoms with Crippen LogP contribution >= 0.6 is 0 Å². The van der Waals surface area contributed by atoms with Crippen LogP contribution in [-0.2, 0) is 11.3 Å². The first-order chi connectivity index (χ1) is 8.19. The molecular weight excluding hydrogens is 240 g/mol. The van der Waals surface area contributed by atoms with Crippen LogP contribution in [0.1, 0.15) is 26.3 Å². The van der Waals surface area contributed by atoms with E-state index in [9.17, 15) is 13.6 Å². The lowest BCUT2D eigenvalue weighted by Crippen LogP contribution is -2.33. The van der Waals surface area contributed by atoms with E-state index < -0.39 is 23.3 Å². The van der Waals surface area contributed by atoms with Crippen LogP contribution in [0.3, 0.4) is 0 Å². The van der Waals surface area contributed by atoms with Gasteiger partial charge in [-0.1, -0.05) is 6.07 Å². The molecule has 0 aromatic heterocycles. The van der Waals surface area contributed by atoms with Gasteiger partial charge in [-0.05, 0) is 38.5 Å². The lowest BCUT2D eigenvalue weighted by molar-refractivity contribution is 0.0285. The maximum atomic E-state index is 13.0. The van der Waals surface area contributed by atoms with Crippen molar-refractivity contribution < 1.29 is 18.3 Å². The molecule has 0 atom stereocenters.